The number of nitrogens with zero attached hydrogens (tertiary/aromatic N) is 4. The van der Waals surface area contributed by atoms with Gasteiger partial charge in [-0.15, -0.1) is 10.2 Å². The fourth-order valence-electron chi connectivity index (χ4n) is 1.51. The van der Waals surface area contributed by atoms with Crippen LogP contribution in [-0.4, -0.2) is 20.2 Å². The third kappa shape index (κ3) is 2.88. The molecule has 1 aromatic heterocycles. The average molecular weight is 281 g/mol. The molecule has 2 aromatic rings. The molecular weight excluding hydrogens is 268 g/mol. The molecule has 5 heteroatoms. The maximum atomic E-state index is 4.15. The van der Waals surface area contributed by atoms with Gasteiger partial charge < -0.3 is 0 Å². The van der Waals surface area contributed by atoms with Gasteiger partial charge in [0.25, 0.3) is 0 Å². The minimum Gasteiger partial charge on any atom is -0.167 e. The molecule has 4 nitrogen and oxygen atoms in total. The predicted molar refractivity (Wildman–Crippen MR) is 65.2 cm³/mol. The van der Waals surface area contributed by atoms with E-state index in [9.17, 15) is 0 Å². The number of benzene rings is 1. The molecule has 0 radical (unpaired) electrons. The summed E-state index contributed by atoms with van der Waals surface area (Å²) in [7, 11) is 1.78. The first-order chi connectivity index (χ1) is 7.75. The maximum absolute atomic E-state index is 4.15. The van der Waals surface area contributed by atoms with Crippen molar-refractivity contribution in [2.24, 2.45) is 7.05 Å². The number of hydrogen-bond acceptors (Lipinski definition) is 3. The first kappa shape index (κ1) is 11.3. The number of aromatic nitrogens is 4. The molecule has 0 fully saturated rings. The fraction of sp³-hybridized carbons (Fsp3) is 0.364. The van der Waals surface area contributed by atoms with E-state index in [4.69, 9.17) is 0 Å². The van der Waals surface area contributed by atoms with Crippen molar-refractivity contribution in [3.8, 4) is 0 Å². The van der Waals surface area contributed by atoms with Crippen molar-refractivity contribution in [2.45, 2.75) is 17.7 Å². The molecule has 0 bridgehead atoms. The van der Waals surface area contributed by atoms with Gasteiger partial charge in [-0.05, 0) is 17.2 Å². The molecule has 0 saturated carbocycles. The third-order valence-corrected chi connectivity index (χ3v) is 3.32. The standard InChI is InChI=1S/C11H13BrN4/c1-16-14-11(13-15-16)8-7-10(12)9-5-3-2-4-6-9/h2-6,10H,7-8H2,1H3. The van der Waals surface area contributed by atoms with Crippen LogP contribution in [-0.2, 0) is 13.5 Å². The second-order valence-corrected chi connectivity index (χ2v) is 4.72. The molecule has 1 heterocycles. The molecule has 1 aromatic carbocycles. The van der Waals surface area contributed by atoms with Gasteiger partial charge in [0, 0.05) is 11.2 Å². The van der Waals surface area contributed by atoms with Crippen LogP contribution in [0.4, 0.5) is 0 Å². The van der Waals surface area contributed by atoms with E-state index in [-0.39, 0.29) is 0 Å². The number of halogens is 1. The Morgan fingerprint density at radius 3 is 2.69 bits per heavy atom. The predicted octanol–water partition coefficient (Wildman–Crippen LogP) is 2.28. The van der Waals surface area contributed by atoms with Crippen molar-refractivity contribution in [1.29, 1.82) is 0 Å². The van der Waals surface area contributed by atoms with Crippen LogP contribution in [0.15, 0.2) is 30.3 Å². The Morgan fingerprint density at radius 2 is 2.06 bits per heavy atom. The zero-order valence-corrected chi connectivity index (χ0v) is 10.6. The first-order valence-electron chi connectivity index (χ1n) is 5.17. The minimum absolute atomic E-state index is 0.345. The summed E-state index contributed by atoms with van der Waals surface area (Å²) in [5.74, 6) is 0.794. The van der Waals surface area contributed by atoms with Crippen LogP contribution in [0.5, 0.6) is 0 Å². The van der Waals surface area contributed by atoms with E-state index in [1.165, 1.54) is 10.4 Å². The minimum atomic E-state index is 0.345. The molecule has 0 amide bonds. The van der Waals surface area contributed by atoms with Gasteiger partial charge in [-0.1, -0.05) is 46.3 Å². The Morgan fingerprint density at radius 1 is 1.31 bits per heavy atom. The van der Waals surface area contributed by atoms with Gasteiger partial charge in [-0.2, -0.15) is 4.80 Å². The Bertz CT molecular complexity index is 440. The number of alkyl halides is 1. The molecule has 0 aliphatic rings. The quantitative estimate of drug-likeness (QED) is 0.807. The lowest BCUT2D eigenvalue weighted by Crippen LogP contribution is -1.96. The van der Waals surface area contributed by atoms with Crippen molar-refractivity contribution >= 4 is 15.9 Å². The third-order valence-electron chi connectivity index (χ3n) is 2.33. The second kappa shape index (κ2) is 5.21. The van der Waals surface area contributed by atoms with E-state index in [2.05, 4.69) is 43.5 Å². The van der Waals surface area contributed by atoms with Crippen LogP contribution in [0, 0.1) is 0 Å². The summed E-state index contributed by atoms with van der Waals surface area (Å²) in [6.07, 6.45) is 1.80. The smallest absolute Gasteiger partial charge is 0.167 e. The van der Waals surface area contributed by atoms with E-state index < -0.39 is 0 Å². The highest BCUT2D eigenvalue weighted by Gasteiger charge is 2.09. The topological polar surface area (TPSA) is 43.6 Å². The first-order valence-corrected chi connectivity index (χ1v) is 6.09. The van der Waals surface area contributed by atoms with Crippen LogP contribution in [0.3, 0.4) is 0 Å². The lowest BCUT2D eigenvalue weighted by Gasteiger charge is -2.07. The van der Waals surface area contributed by atoms with Gasteiger partial charge >= 0.3 is 0 Å². The molecular formula is C11H13BrN4. The van der Waals surface area contributed by atoms with Gasteiger partial charge in [-0.25, -0.2) is 0 Å². The van der Waals surface area contributed by atoms with Crippen molar-refractivity contribution in [1.82, 2.24) is 20.2 Å². The van der Waals surface area contributed by atoms with Crippen LogP contribution >= 0.6 is 15.9 Å². The maximum Gasteiger partial charge on any atom is 0.174 e. The van der Waals surface area contributed by atoms with Gasteiger partial charge in [0.1, 0.15) is 0 Å². The summed E-state index contributed by atoms with van der Waals surface area (Å²) in [6.45, 7) is 0. The molecule has 1 unspecified atom stereocenters. The molecule has 1 atom stereocenters. The fourth-order valence-corrected chi connectivity index (χ4v) is 2.04. The van der Waals surface area contributed by atoms with Gasteiger partial charge in [0.05, 0.1) is 7.05 Å². The van der Waals surface area contributed by atoms with Crippen molar-refractivity contribution in [2.75, 3.05) is 0 Å². The summed E-state index contributed by atoms with van der Waals surface area (Å²) in [4.78, 5) is 1.83. The molecule has 84 valence electrons. The van der Waals surface area contributed by atoms with Crippen molar-refractivity contribution in [3.63, 3.8) is 0 Å². The van der Waals surface area contributed by atoms with E-state index in [0.29, 0.717) is 4.83 Å². The lowest BCUT2D eigenvalue weighted by molar-refractivity contribution is 0.626. The number of tetrazole rings is 1. The van der Waals surface area contributed by atoms with Crippen LogP contribution in [0.2, 0.25) is 0 Å². The highest BCUT2D eigenvalue weighted by molar-refractivity contribution is 9.09. The SMILES string of the molecule is Cn1nnc(CCC(Br)c2ccccc2)n1. The van der Waals surface area contributed by atoms with Crippen LogP contribution in [0.25, 0.3) is 0 Å². The number of rotatable bonds is 4. The zero-order chi connectivity index (χ0) is 11.4. The Balaban J connectivity index is 1.91. The summed E-state index contributed by atoms with van der Waals surface area (Å²) in [5, 5.41) is 11.9. The Hall–Kier alpha value is -1.23. The summed E-state index contributed by atoms with van der Waals surface area (Å²) in [6, 6.07) is 10.3. The van der Waals surface area contributed by atoms with E-state index >= 15 is 0 Å². The monoisotopic (exact) mass is 280 g/mol. The molecule has 0 aliphatic heterocycles. The highest BCUT2D eigenvalue weighted by atomic mass is 79.9. The van der Waals surface area contributed by atoms with Gasteiger partial charge in [0.15, 0.2) is 5.82 Å². The average Bonchev–Trinajstić information content (AvgIpc) is 2.73. The molecule has 16 heavy (non-hydrogen) atoms. The summed E-state index contributed by atoms with van der Waals surface area (Å²) >= 11 is 3.67. The number of aryl methyl sites for hydroxylation is 2. The van der Waals surface area contributed by atoms with Gasteiger partial charge in [0.2, 0.25) is 0 Å². The van der Waals surface area contributed by atoms with Gasteiger partial charge in [-0.3, -0.25) is 0 Å². The highest BCUT2D eigenvalue weighted by Crippen LogP contribution is 2.26. The van der Waals surface area contributed by atoms with E-state index in [1.807, 2.05) is 18.2 Å². The second-order valence-electron chi connectivity index (χ2n) is 3.61. The molecule has 0 aliphatic carbocycles. The molecule has 0 N–H and O–H groups in total. The number of hydrogen-bond donors (Lipinski definition) is 0. The molecule has 2 rings (SSSR count). The van der Waals surface area contributed by atoms with E-state index in [0.717, 1.165) is 18.7 Å². The Labute approximate surface area is 103 Å². The normalized spacial score (nSPS) is 12.6. The lowest BCUT2D eigenvalue weighted by atomic mass is 10.1. The van der Waals surface area contributed by atoms with E-state index in [1.54, 1.807) is 7.05 Å². The van der Waals surface area contributed by atoms with Crippen LogP contribution in [0.1, 0.15) is 22.6 Å². The van der Waals surface area contributed by atoms with Crippen molar-refractivity contribution < 1.29 is 0 Å². The van der Waals surface area contributed by atoms with Crippen molar-refractivity contribution in [3.05, 3.63) is 41.7 Å². The Kier molecular flexibility index (Phi) is 3.66. The summed E-state index contributed by atoms with van der Waals surface area (Å²) in [5.41, 5.74) is 1.28. The molecule has 0 saturated heterocycles. The summed E-state index contributed by atoms with van der Waals surface area (Å²) < 4.78 is 0. The molecule has 0 spiro atoms. The zero-order valence-electron chi connectivity index (χ0n) is 9.05. The largest absolute Gasteiger partial charge is 0.174 e. The van der Waals surface area contributed by atoms with Crippen LogP contribution < -0.4 is 0 Å².